The highest BCUT2D eigenvalue weighted by Gasteiger charge is 2.21. The molecule has 0 bridgehead atoms. The van der Waals surface area contributed by atoms with E-state index in [0.29, 0.717) is 18.2 Å². The fourth-order valence-electron chi connectivity index (χ4n) is 2.84. The Morgan fingerprint density at radius 2 is 2.04 bits per heavy atom. The van der Waals surface area contributed by atoms with Crippen molar-refractivity contribution in [1.82, 2.24) is 10.2 Å². The average molecular weight is 365 g/mol. The smallest absolute Gasteiger partial charge is 0.313 e. The minimum Gasteiger partial charge on any atom is -0.383 e. The van der Waals surface area contributed by atoms with E-state index in [0.717, 1.165) is 44.0 Å². The number of likely N-dealkylation sites (tertiary alicyclic amines) is 1. The van der Waals surface area contributed by atoms with Gasteiger partial charge in [0.15, 0.2) is 0 Å². The summed E-state index contributed by atoms with van der Waals surface area (Å²) in [6.45, 7) is 4.27. The van der Waals surface area contributed by atoms with E-state index in [-0.39, 0.29) is 0 Å². The molecule has 0 spiro atoms. The summed E-state index contributed by atoms with van der Waals surface area (Å²) in [6, 6.07) is 7.45. The van der Waals surface area contributed by atoms with Gasteiger partial charge >= 0.3 is 11.8 Å². The van der Waals surface area contributed by atoms with E-state index in [4.69, 9.17) is 4.74 Å². The minimum atomic E-state index is -0.615. The van der Waals surface area contributed by atoms with Crippen LogP contribution in [0.5, 0.6) is 0 Å². The number of ether oxygens (including phenoxy) is 1. The summed E-state index contributed by atoms with van der Waals surface area (Å²) in [7, 11) is 1.71. The third-order valence-electron chi connectivity index (χ3n) is 4.40. The molecule has 0 aromatic heterocycles. The number of anilines is 1. The van der Waals surface area contributed by atoms with Crippen molar-refractivity contribution in [2.45, 2.75) is 17.7 Å². The molecule has 0 saturated carbocycles. The van der Waals surface area contributed by atoms with Gasteiger partial charge in [-0.15, -0.1) is 11.8 Å². The fourth-order valence-corrected chi connectivity index (χ4v) is 3.30. The van der Waals surface area contributed by atoms with Gasteiger partial charge in [0.25, 0.3) is 0 Å². The van der Waals surface area contributed by atoms with Crippen LogP contribution in [0.4, 0.5) is 5.69 Å². The predicted octanol–water partition coefficient (Wildman–Crippen LogP) is 1.82. The van der Waals surface area contributed by atoms with E-state index in [9.17, 15) is 9.59 Å². The first-order valence-corrected chi connectivity index (χ1v) is 9.79. The zero-order valence-corrected chi connectivity index (χ0v) is 15.7. The highest BCUT2D eigenvalue weighted by Crippen LogP contribution is 2.19. The normalized spacial score (nSPS) is 15.8. The lowest BCUT2D eigenvalue weighted by Gasteiger charge is -2.31. The summed E-state index contributed by atoms with van der Waals surface area (Å²) >= 11 is 1.59. The molecule has 0 aliphatic carbocycles. The molecule has 1 aliphatic heterocycles. The highest BCUT2D eigenvalue weighted by atomic mass is 32.2. The molecule has 1 heterocycles. The van der Waals surface area contributed by atoms with Crippen LogP contribution in [0.25, 0.3) is 0 Å². The van der Waals surface area contributed by atoms with Crippen molar-refractivity contribution in [2.75, 3.05) is 51.5 Å². The standard InChI is InChI=1S/C18H27N3O3S/c1-24-11-10-21-8-6-14(7-9-21)13-19-17(22)18(23)20-15-4-3-5-16(12-15)25-2/h3-5,12,14H,6-11,13H2,1-2H3,(H,19,22)(H,20,23). The molecule has 1 saturated heterocycles. The van der Waals surface area contributed by atoms with Gasteiger partial charge < -0.3 is 20.3 Å². The number of nitrogens with one attached hydrogen (secondary N) is 2. The van der Waals surface area contributed by atoms with Crippen LogP contribution in [0.2, 0.25) is 0 Å². The lowest BCUT2D eigenvalue weighted by atomic mass is 9.97. The first-order valence-electron chi connectivity index (χ1n) is 8.57. The number of piperidine rings is 1. The number of methoxy groups -OCH3 is 1. The topological polar surface area (TPSA) is 70.7 Å². The molecule has 138 valence electrons. The van der Waals surface area contributed by atoms with Crippen molar-refractivity contribution in [2.24, 2.45) is 5.92 Å². The quantitative estimate of drug-likeness (QED) is 0.570. The van der Waals surface area contributed by atoms with Crippen LogP contribution in [-0.4, -0.2) is 62.9 Å². The van der Waals surface area contributed by atoms with Gasteiger partial charge in [0, 0.05) is 30.8 Å². The molecule has 1 aromatic carbocycles. The van der Waals surface area contributed by atoms with Gasteiger partial charge in [-0.25, -0.2) is 0 Å². The number of carbonyl (C=O) groups is 2. The molecule has 0 unspecified atom stereocenters. The van der Waals surface area contributed by atoms with E-state index in [1.165, 1.54) is 0 Å². The van der Waals surface area contributed by atoms with Crippen molar-refractivity contribution in [1.29, 1.82) is 0 Å². The first-order chi connectivity index (χ1) is 12.1. The van der Waals surface area contributed by atoms with Crippen LogP contribution in [0.1, 0.15) is 12.8 Å². The van der Waals surface area contributed by atoms with Crippen LogP contribution in [0.15, 0.2) is 29.2 Å². The molecule has 6 nitrogen and oxygen atoms in total. The summed E-state index contributed by atoms with van der Waals surface area (Å²) in [4.78, 5) is 27.4. The van der Waals surface area contributed by atoms with Crippen LogP contribution in [0, 0.1) is 5.92 Å². The van der Waals surface area contributed by atoms with Crippen molar-refractivity contribution in [3.8, 4) is 0 Å². The van der Waals surface area contributed by atoms with Crippen LogP contribution < -0.4 is 10.6 Å². The van der Waals surface area contributed by atoms with Crippen LogP contribution >= 0.6 is 11.8 Å². The van der Waals surface area contributed by atoms with Gasteiger partial charge in [-0.1, -0.05) is 6.07 Å². The van der Waals surface area contributed by atoms with E-state index < -0.39 is 11.8 Å². The average Bonchev–Trinajstić information content (AvgIpc) is 2.65. The highest BCUT2D eigenvalue weighted by molar-refractivity contribution is 7.98. The summed E-state index contributed by atoms with van der Waals surface area (Å²) in [6.07, 6.45) is 4.02. The van der Waals surface area contributed by atoms with Crippen LogP contribution in [0.3, 0.4) is 0 Å². The Morgan fingerprint density at radius 1 is 1.28 bits per heavy atom. The maximum atomic E-state index is 12.0. The van der Waals surface area contributed by atoms with Crippen molar-refractivity contribution >= 4 is 29.3 Å². The predicted molar refractivity (Wildman–Crippen MR) is 101 cm³/mol. The number of rotatable bonds is 7. The Kier molecular flexibility index (Phi) is 8.24. The molecule has 25 heavy (non-hydrogen) atoms. The molecule has 2 rings (SSSR count). The largest absolute Gasteiger partial charge is 0.383 e. The van der Waals surface area contributed by atoms with Crippen molar-refractivity contribution in [3.05, 3.63) is 24.3 Å². The van der Waals surface area contributed by atoms with E-state index >= 15 is 0 Å². The molecule has 2 N–H and O–H groups in total. The molecule has 1 aliphatic rings. The fraction of sp³-hybridized carbons (Fsp3) is 0.556. The molecule has 0 atom stereocenters. The molecule has 0 radical (unpaired) electrons. The summed E-state index contributed by atoms with van der Waals surface area (Å²) in [5, 5.41) is 5.41. The Morgan fingerprint density at radius 3 is 2.72 bits per heavy atom. The monoisotopic (exact) mass is 365 g/mol. The SMILES string of the molecule is COCCN1CCC(CNC(=O)C(=O)Nc2cccc(SC)c2)CC1. The number of benzene rings is 1. The van der Waals surface area contributed by atoms with Crippen molar-refractivity contribution < 1.29 is 14.3 Å². The number of nitrogens with zero attached hydrogens (tertiary/aromatic N) is 1. The van der Waals surface area contributed by atoms with Gasteiger partial charge in [0.2, 0.25) is 0 Å². The van der Waals surface area contributed by atoms with E-state index in [1.807, 2.05) is 24.5 Å². The van der Waals surface area contributed by atoms with Gasteiger partial charge in [-0.2, -0.15) is 0 Å². The molecular formula is C18H27N3O3S. The van der Waals surface area contributed by atoms with Gasteiger partial charge in [-0.3, -0.25) is 9.59 Å². The van der Waals surface area contributed by atoms with E-state index in [2.05, 4.69) is 15.5 Å². The molecule has 2 amide bonds. The maximum absolute atomic E-state index is 12.0. The summed E-state index contributed by atoms with van der Waals surface area (Å²) in [5.74, 6) is -0.762. The lowest BCUT2D eigenvalue weighted by molar-refractivity contribution is -0.136. The molecule has 1 aromatic rings. The van der Waals surface area contributed by atoms with Crippen molar-refractivity contribution in [3.63, 3.8) is 0 Å². The first kappa shape index (κ1) is 19.8. The third kappa shape index (κ3) is 6.68. The second kappa shape index (κ2) is 10.4. The number of hydrogen-bond acceptors (Lipinski definition) is 5. The van der Waals surface area contributed by atoms with Gasteiger partial charge in [-0.05, 0) is 56.3 Å². The van der Waals surface area contributed by atoms with Crippen LogP contribution in [-0.2, 0) is 14.3 Å². The second-order valence-electron chi connectivity index (χ2n) is 6.17. The number of hydrogen-bond donors (Lipinski definition) is 2. The van der Waals surface area contributed by atoms with Gasteiger partial charge in [0.05, 0.1) is 6.61 Å². The van der Waals surface area contributed by atoms with E-state index in [1.54, 1.807) is 24.9 Å². The Hall–Kier alpha value is -1.57. The number of thioether (sulfide) groups is 1. The summed E-state index contributed by atoms with van der Waals surface area (Å²) in [5.41, 5.74) is 0.637. The number of amides is 2. The second-order valence-corrected chi connectivity index (χ2v) is 7.05. The zero-order valence-electron chi connectivity index (χ0n) is 14.9. The summed E-state index contributed by atoms with van der Waals surface area (Å²) < 4.78 is 5.10. The Balaban J connectivity index is 1.70. The Labute approximate surface area is 153 Å². The zero-order chi connectivity index (χ0) is 18.1. The third-order valence-corrected chi connectivity index (χ3v) is 5.13. The Bertz CT molecular complexity index is 574. The molecule has 1 fully saturated rings. The minimum absolute atomic E-state index is 0.426. The maximum Gasteiger partial charge on any atom is 0.313 e. The van der Waals surface area contributed by atoms with Gasteiger partial charge in [0.1, 0.15) is 0 Å². The lowest BCUT2D eigenvalue weighted by Crippen LogP contribution is -2.42. The number of carbonyl (C=O) groups excluding carboxylic acids is 2. The molecule has 7 heteroatoms. The molecular weight excluding hydrogens is 338 g/mol.